The number of imidazole rings is 1. The van der Waals surface area contributed by atoms with Gasteiger partial charge < -0.3 is 14.8 Å². The molecule has 1 atom stereocenters. The second-order valence-corrected chi connectivity index (χ2v) is 5.22. The standard InChI is InChI=1S/C13H20N4O/c18-13(12-2-1-5-15-12)16-7-3-11(4-8-16)17-9-6-14-10-17/h6,9-12,15H,1-5,7-8H2. The highest BCUT2D eigenvalue weighted by atomic mass is 16.2. The summed E-state index contributed by atoms with van der Waals surface area (Å²) in [5.41, 5.74) is 0. The van der Waals surface area contributed by atoms with Gasteiger partial charge in [-0.2, -0.15) is 0 Å². The van der Waals surface area contributed by atoms with Gasteiger partial charge >= 0.3 is 0 Å². The number of amides is 1. The van der Waals surface area contributed by atoms with Gasteiger partial charge in [-0.25, -0.2) is 4.98 Å². The minimum Gasteiger partial charge on any atom is -0.341 e. The van der Waals surface area contributed by atoms with E-state index in [0.717, 1.165) is 45.3 Å². The molecule has 0 aromatic carbocycles. The van der Waals surface area contributed by atoms with Gasteiger partial charge in [-0.15, -0.1) is 0 Å². The highest BCUT2D eigenvalue weighted by molar-refractivity contribution is 5.82. The highest BCUT2D eigenvalue weighted by Crippen LogP contribution is 2.23. The van der Waals surface area contributed by atoms with Crippen molar-refractivity contribution in [2.75, 3.05) is 19.6 Å². The SMILES string of the molecule is O=C(C1CCCN1)N1CCC(n2ccnc2)CC1. The molecule has 5 nitrogen and oxygen atoms in total. The lowest BCUT2D eigenvalue weighted by atomic mass is 10.0. The van der Waals surface area contributed by atoms with Crippen molar-refractivity contribution in [3.63, 3.8) is 0 Å². The minimum atomic E-state index is 0.0785. The Labute approximate surface area is 107 Å². The van der Waals surface area contributed by atoms with Crippen LogP contribution in [-0.4, -0.2) is 46.0 Å². The average molecular weight is 248 g/mol. The van der Waals surface area contributed by atoms with Crippen LogP contribution in [-0.2, 0) is 4.79 Å². The van der Waals surface area contributed by atoms with Gasteiger partial charge in [0.1, 0.15) is 0 Å². The van der Waals surface area contributed by atoms with Crippen molar-refractivity contribution in [2.45, 2.75) is 37.8 Å². The second kappa shape index (κ2) is 5.10. The van der Waals surface area contributed by atoms with Crippen LogP contribution in [0.1, 0.15) is 31.7 Å². The van der Waals surface area contributed by atoms with E-state index in [4.69, 9.17) is 0 Å². The van der Waals surface area contributed by atoms with E-state index >= 15 is 0 Å². The quantitative estimate of drug-likeness (QED) is 0.842. The fourth-order valence-electron chi connectivity index (χ4n) is 2.99. The van der Waals surface area contributed by atoms with Crippen molar-refractivity contribution in [1.82, 2.24) is 19.8 Å². The van der Waals surface area contributed by atoms with E-state index < -0.39 is 0 Å². The van der Waals surface area contributed by atoms with Crippen LogP contribution in [0.3, 0.4) is 0 Å². The van der Waals surface area contributed by atoms with Crippen molar-refractivity contribution in [3.8, 4) is 0 Å². The van der Waals surface area contributed by atoms with Gasteiger partial charge in [0, 0.05) is 31.5 Å². The zero-order valence-electron chi connectivity index (χ0n) is 10.6. The number of nitrogens with zero attached hydrogens (tertiary/aromatic N) is 3. The fraction of sp³-hybridized carbons (Fsp3) is 0.692. The molecule has 1 amide bonds. The van der Waals surface area contributed by atoms with Gasteiger partial charge in [0.2, 0.25) is 5.91 Å². The summed E-state index contributed by atoms with van der Waals surface area (Å²) in [6.07, 6.45) is 9.91. The van der Waals surface area contributed by atoms with Gasteiger partial charge in [-0.1, -0.05) is 0 Å². The van der Waals surface area contributed by atoms with Crippen molar-refractivity contribution in [3.05, 3.63) is 18.7 Å². The van der Waals surface area contributed by atoms with E-state index in [9.17, 15) is 4.79 Å². The summed E-state index contributed by atoms with van der Waals surface area (Å²) in [4.78, 5) is 18.3. The van der Waals surface area contributed by atoms with Gasteiger partial charge in [0.25, 0.3) is 0 Å². The molecule has 0 saturated carbocycles. The number of rotatable bonds is 2. The third-order valence-corrected chi connectivity index (χ3v) is 4.08. The lowest BCUT2D eigenvalue weighted by Gasteiger charge is -2.34. The predicted molar refractivity (Wildman–Crippen MR) is 68.1 cm³/mol. The summed E-state index contributed by atoms with van der Waals surface area (Å²) in [6, 6.07) is 0.586. The molecule has 3 heterocycles. The number of hydrogen-bond donors (Lipinski definition) is 1. The van der Waals surface area contributed by atoms with E-state index in [1.165, 1.54) is 0 Å². The number of carbonyl (C=O) groups is 1. The predicted octanol–water partition coefficient (Wildman–Crippen LogP) is 0.799. The first-order valence-electron chi connectivity index (χ1n) is 6.84. The minimum absolute atomic E-state index is 0.0785. The Hall–Kier alpha value is -1.36. The summed E-state index contributed by atoms with van der Waals surface area (Å²) < 4.78 is 2.16. The maximum Gasteiger partial charge on any atom is 0.239 e. The molecule has 2 saturated heterocycles. The molecule has 2 fully saturated rings. The lowest BCUT2D eigenvalue weighted by Crippen LogP contribution is -2.47. The van der Waals surface area contributed by atoms with Crippen molar-refractivity contribution in [2.24, 2.45) is 0 Å². The molecular formula is C13H20N4O. The number of carbonyl (C=O) groups excluding carboxylic acids is 1. The molecular weight excluding hydrogens is 228 g/mol. The van der Waals surface area contributed by atoms with Gasteiger partial charge in [0.05, 0.1) is 12.4 Å². The number of likely N-dealkylation sites (tertiary alicyclic amines) is 1. The van der Waals surface area contributed by atoms with E-state index in [1.807, 2.05) is 23.6 Å². The maximum atomic E-state index is 12.2. The summed E-state index contributed by atoms with van der Waals surface area (Å²) in [6.45, 7) is 2.74. The number of hydrogen-bond acceptors (Lipinski definition) is 3. The normalized spacial score (nSPS) is 25.6. The van der Waals surface area contributed by atoms with Gasteiger partial charge in [0.15, 0.2) is 0 Å². The highest BCUT2D eigenvalue weighted by Gasteiger charge is 2.29. The summed E-state index contributed by atoms with van der Waals surface area (Å²) in [7, 11) is 0. The average Bonchev–Trinajstić information content (AvgIpc) is 3.11. The third kappa shape index (κ3) is 2.27. The first-order valence-corrected chi connectivity index (χ1v) is 6.84. The molecule has 0 radical (unpaired) electrons. The molecule has 3 rings (SSSR count). The Morgan fingerprint density at radius 1 is 1.28 bits per heavy atom. The van der Waals surface area contributed by atoms with Gasteiger partial charge in [-0.3, -0.25) is 4.79 Å². The van der Waals surface area contributed by atoms with Crippen LogP contribution in [0.15, 0.2) is 18.7 Å². The van der Waals surface area contributed by atoms with Crippen LogP contribution in [0.25, 0.3) is 0 Å². The van der Waals surface area contributed by atoms with Crippen molar-refractivity contribution < 1.29 is 4.79 Å². The molecule has 1 aromatic heterocycles. The second-order valence-electron chi connectivity index (χ2n) is 5.22. The molecule has 5 heteroatoms. The molecule has 2 aliphatic rings. The Bertz CT molecular complexity index is 389. The topological polar surface area (TPSA) is 50.2 Å². The molecule has 1 N–H and O–H groups in total. The van der Waals surface area contributed by atoms with Crippen molar-refractivity contribution in [1.29, 1.82) is 0 Å². The lowest BCUT2D eigenvalue weighted by molar-refractivity contribution is -0.134. The van der Waals surface area contributed by atoms with Crippen LogP contribution < -0.4 is 5.32 Å². The first-order chi connectivity index (χ1) is 8.84. The monoisotopic (exact) mass is 248 g/mol. The Morgan fingerprint density at radius 3 is 2.72 bits per heavy atom. The summed E-state index contributed by atoms with van der Waals surface area (Å²) in [5.74, 6) is 0.302. The number of aromatic nitrogens is 2. The molecule has 18 heavy (non-hydrogen) atoms. The van der Waals surface area contributed by atoms with E-state index in [0.29, 0.717) is 11.9 Å². The van der Waals surface area contributed by atoms with Crippen LogP contribution >= 0.6 is 0 Å². The van der Waals surface area contributed by atoms with Crippen LogP contribution in [0.2, 0.25) is 0 Å². The molecule has 1 unspecified atom stereocenters. The molecule has 0 spiro atoms. The van der Waals surface area contributed by atoms with Crippen molar-refractivity contribution >= 4 is 5.91 Å². The van der Waals surface area contributed by atoms with E-state index in [2.05, 4.69) is 14.9 Å². The smallest absolute Gasteiger partial charge is 0.239 e. The fourth-order valence-corrected chi connectivity index (χ4v) is 2.99. The Kier molecular flexibility index (Phi) is 3.32. The molecule has 1 aromatic rings. The molecule has 98 valence electrons. The van der Waals surface area contributed by atoms with Crippen LogP contribution in [0.5, 0.6) is 0 Å². The zero-order chi connectivity index (χ0) is 12.4. The number of piperidine rings is 1. The maximum absolute atomic E-state index is 12.2. The molecule has 0 aliphatic carbocycles. The van der Waals surface area contributed by atoms with Crippen LogP contribution in [0.4, 0.5) is 0 Å². The van der Waals surface area contributed by atoms with E-state index in [-0.39, 0.29) is 6.04 Å². The first kappa shape index (κ1) is 11.7. The van der Waals surface area contributed by atoms with E-state index in [1.54, 1.807) is 0 Å². The van der Waals surface area contributed by atoms with Gasteiger partial charge in [-0.05, 0) is 32.2 Å². The third-order valence-electron chi connectivity index (χ3n) is 4.08. The largest absolute Gasteiger partial charge is 0.341 e. The van der Waals surface area contributed by atoms with Crippen LogP contribution in [0, 0.1) is 0 Å². The Morgan fingerprint density at radius 2 is 2.11 bits per heavy atom. The molecule has 0 bridgehead atoms. The Balaban J connectivity index is 1.55. The summed E-state index contributed by atoms with van der Waals surface area (Å²) >= 11 is 0. The zero-order valence-corrected chi connectivity index (χ0v) is 10.6. The number of nitrogens with one attached hydrogen (secondary N) is 1. The summed E-state index contributed by atoms with van der Waals surface area (Å²) in [5, 5.41) is 3.29. The molecule has 2 aliphatic heterocycles.